The second-order valence-electron chi connectivity index (χ2n) is 7.68. The molecule has 1 aliphatic rings. The van der Waals surface area contributed by atoms with Crippen LogP contribution in [0.2, 0.25) is 5.02 Å². The second kappa shape index (κ2) is 9.31. The Morgan fingerprint density at radius 2 is 1.97 bits per heavy atom. The molecule has 0 aliphatic carbocycles. The molecule has 1 N–H and O–H groups in total. The van der Waals surface area contributed by atoms with Gasteiger partial charge in [0.1, 0.15) is 11.6 Å². The number of pyridine rings is 1. The molecule has 7 nitrogen and oxygen atoms in total. The zero-order valence-electron chi connectivity index (χ0n) is 17.3. The first-order chi connectivity index (χ1) is 15.0. The van der Waals surface area contributed by atoms with E-state index in [1.165, 1.54) is 0 Å². The van der Waals surface area contributed by atoms with E-state index >= 15 is 0 Å². The Bertz CT molecular complexity index is 1080. The smallest absolute Gasteiger partial charge is 0.253 e. The van der Waals surface area contributed by atoms with E-state index in [0.29, 0.717) is 30.2 Å². The molecule has 2 amide bonds. The van der Waals surface area contributed by atoms with Crippen LogP contribution in [0.4, 0.5) is 0 Å². The number of nitrogens with one attached hydrogen (secondary N) is 1. The Morgan fingerprint density at radius 1 is 1.16 bits per heavy atom. The van der Waals surface area contributed by atoms with Gasteiger partial charge >= 0.3 is 0 Å². The summed E-state index contributed by atoms with van der Waals surface area (Å²) >= 11 is 5.91. The van der Waals surface area contributed by atoms with Crippen LogP contribution in [0.1, 0.15) is 34.6 Å². The fourth-order valence-electron chi connectivity index (χ4n) is 3.81. The molecule has 0 spiro atoms. The molecule has 1 fully saturated rings. The number of likely N-dealkylation sites (tertiary alicyclic amines) is 1. The van der Waals surface area contributed by atoms with Gasteiger partial charge in [0.2, 0.25) is 5.91 Å². The molecule has 1 saturated heterocycles. The minimum Gasteiger partial charge on any atom is -0.352 e. The highest BCUT2D eigenvalue weighted by Gasteiger charge is 2.28. The van der Waals surface area contributed by atoms with Crippen LogP contribution in [0.3, 0.4) is 0 Å². The first-order valence-electron chi connectivity index (χ1n) is 10.3. The molecule has 1 aliphatic heterocycles. The monoisotopic (exact) mass is 437 g/mol. The molecule has 1 atom stereocenters. The molecule has 1 unspecified atom stereocenters. The fourth-order valence-corrected chi connectivity index (χ4v) is 3.93. The maximum atomic E-state index is 12.8. The number of hydrogen-bond donors (Lipinski definition) is 1. The normalized spacial score (nSPS) is 16.2. The summed E-state index contributed by atoms with van der Waals surface area (Å²) in [5.41, 5.74) is 1.54. The number of carbonyl (C=O) groups excluding carboxylic acids is 2. The third-order valence-corrected chi connectivity index (χ3v) is 5.77. The fraction of sp³-hybridized carbons (Fsp3) is 0.304. The van der Waals surface area contributed by atoms with Gasteiger partial charge in [-0.2, -0.15) is 0 Å². The van der Waals surface area contributed by atoms with Crippen LogP contribution in [-0.2, 0) is 11.3 Å². The molecule has 0 saturated carbocycles. The summed E-state index contributed by atoms with van der Waals surface area (Å²) in [6.07, 6.45) is 6.88. The van der Waals surface area contributed by atoms with Crippen molar-refractivity contribution in [2.45, 2.75) is 26.3 Å². The Kier molecular flexibility index (Phi) is 6.32. The van der Waals surface area contributed by atoms with Gasteiger partial charge in [-0.25, -0.2) is 9.97 Å². The highest BCUT2D eigenvalue weighted by Crippen LogP contribution is 2.20. The SMILES string of the molecule is Cc1nccn1-c1cc(CNC(=O)C2CCCN(C(=O)c3ccc(Cl)cc3)C2)ccn1. The molecule has 160 valence electrons. The molecule has 8 heteroatoms. The number of rotatable bonds is 5. The van der Waals surface area contributed by atoms with Crippen LogP contribution >= 0.6 is 11.6 Å². The summed E-state index contributed by atoms with van der Waals surface area (Å²) in [6.45, 7) is 3.40. The molecule has 31 heavy (non-hydrogen) atoms. The summed E-state index contributed by atoms with van der Waals surface area (Å²) in [4.78, 5) is 35.9. The van der Waals surface area contributed by atoms with Gasteiger partial charge < -0.3 is 10.2 Å². The number of nitrogens with zero attached hydrogens (tertiary/aromatic N) is 4. The maximum Gasteiger partial charge on any atom is 0.253 e. The number of aromatic nitrogens is 3. The second-order valence-corrected chi connectivity index (χ2v) is 8.12. The molecular formula is C23H24ClN5O2. The number of halogens is 1. The number of hydrogen-bond acceptors (Lipinski definition) is 4. The molecule has 0 radical (unpaired) electrons. The van der Waals surface area contributed by atoms with Crippen LogP contribution in [0.15, 0.2) is 55.0 Å². The molecule has 3 aromatic rings. The quantitative estimate of drug-likeness (QED) is 0.663. The largest absolute Gasteiger partial charge is 0.352 e. The molecule has 2 aromatic heterocycles. The standard InChI is InChI=1S/C23H24ClN5O2/c1-16-25-10-12-29(16)21-13-17(8-9-26-21)14-27-22(30)19-3-2-11-28(15-19)23(31)18-4-6-20(24)7-5-18/h4-10,12-13,19H,2-3,11,14-15H2,1H3,(H,27,30). The lowest BCUT2D eigenvalue weighted by atomic mass is 9.96. The van der Waals surface area contributed by atoms with Crippen molar-refractivity contribution in [3.05, 3.63) is 77.0 Å². The lowest BCUT2D eigenvalue weighted by Gasteiger charge is -2.32. The Labute approximate surface area is 186 Å². The van der Waals surface area contributed by atoms with E-state index in [1.807, 2.05) is 29.8 Å². The van der Waals surface area contributed by atoms with E-state index < -0.39 is 0 Å². The van der Waals surface area contributed by atoms with E-state index in [1.54, 1.807) is 41.6 Å². The Hall–Kier alpha value is -3.19. The molecular weight excluding hydrogens is 414 g/mol. The van der Waals surface area contributed by atoms with E-state index in [4.69, 9.17) is 11.6 Å². The van der Waals surface area contributed by atoms with Crippen molar-refractivity contribution >= 4 is 23.4 Å². The zero-order valence-corrected chi connectivity index (χ0v) is 18.0. The first kappa shape index (κ1) is 21.1. The number of carbonyl (C=O) groups is 2. The number of imidazole rings is 1. The van der Waals surface area contributed by atoms with Crippen LogP contribution in [-0.4, -0.2) is 44.3 Å². The third kappa shape index (κ3) is 4.94. The van der Waals surface area contributed by atoms with Gasteiger partial charge in [-0.1, -0.05) is 11.6 Å². The summed E-state index contributed by atoms with van der Waals surface area (Å²) < 4.78 is 1.90. The van der Waals surface area contributed by atoms with Crippen molar-refractivity contribution in [1.82, 2.24) is 24.8 Å². The minimum atomic E-state index is -0.220. The van der Waals surface area contributed by atoms with E-state index in [9.17, 15) is 9.59 Å². The van der Waals surface area contributed by atoms with Crippen molar-refractivity contribution in [1.29, 1.82) is 0 Å². The predicted octanol–water partition coefficient (Wildman–Crippen LogP) is 3.40. The average Bonchev–Trinajstić information content (AvgIpc) is 3.23. The van der Waals surface area contributed by atoms with E-state index in [0.717, 1.165) is 30.0 Å². The van der Waals surface area contributed by atoms with Gasteiger partial charge in [-0.15, -0.1) is 0 Å². The van der Waals surface area contributed by atoms with Crippen molar-refractivity contribution in [2.24, 2.45) is 5.92 Å². The molecule has 0 bridgehead atoms. The molecule has 4 rings (SSSR count). The van der Waals surface area contributed by atoms with Crippen molar-refractivity contribution < 1.29 is 9.59 Å². The zero-order chi connectivity index (χ0) is 21.8. The summed E-state index contributed by atoms with van der Waals surface area (Å²) in [7, 11) is 0. The average molecular weight is 438 g/mol. The Morgan fingerprint density at radius 3 is 2.71 bits per heavy atom. The predicted molar refractivity (Wildman–Crippen MR) is 118 cm³/mol. The van der Waals surface area contributed by atoms with Crippen molar-refractivity contribution in [3.63, 3.8) is 0 Å². The lowest BCUT2D eigenvalue weighted by Crippen LogP contribution is -2.45. The van der Waals surface area contributed by atoms with Crippen LogP contribution in [0.5, 0.6) is 0 Å². The highest BCUT2D eigenvalue weighted by molar-refractivity contribution is 6.30. The Balaban J connectivity index is 1.36. The van der Waals surface area contributed by atoms with Crippen LogP contribution < -0.4 is 5.32 Å². The maximum absolute atomic E-state index is 12.8. The number of piperidine rings is 1. The topological polar surface area (TPSA) is 80.1 Å². The summed E-state index contributed by atoms with van der Waals surface area (Å²) in [5.74, 6) is 1.29. The van der Waals surface area contributed by atoms with E-state index in [2.05, 4.69) is 15.3 Å². The minimum absolute atomic E-state index is 0.0363. The van der Waals surface area contributed by atoms with Crippen molar-refractivity contribution in [3.8, 4) is 5.82 Å². The van der Waals surface area contributed by atoms with Crippen LogP contribution in [0.25, 0.3) is 5.82 Å². The van der Waals surface area contributed by atoms with Gasteiger partial charge in [-0.3, -0.25) is 14.2 Å². The van der Waals surface area contributed by atoms with Gasteiger partial charge in [-0.05, 0) is 61.7 Å². The molecule has 1 aromatic carbocycles. The van der Waals surface area contributed by atoms with Gasteiger partial charge in [0.25, 0.3) is 5.91 Å². The third-order valence-electron chi connectivity index (χ3n) is 5.52. The first-order valence-corrected chi connectivity index (χ1v) is 10.7. The highest BCUT2D eigenvalue weighted by atomic mass is 35.5. The van der Waals surface area contributed by atoms with Gasteiger partial charge in [0.15, 0.2) is 0 Å². The lowest BCUT2D eigenvalue weighted by molar-refractivity contribution is -0.126. The van der Waals surface area contributed by atoms with Crippen molar-refractivity contribution in [2.75, 3.05) is 13.1 Å². The molecule has 3 heterocycles. The van der Waals surface area contributed by atoms with Crippen LogP contribution in [0, 0.1) is 12.8 Å². The van der Waals surface area contributed by atoms with E-state index in [-0.39, 0.29) is 17.7 Å². The van der Waals surface area contributed by atoms with Gasteiger partial charge in [0.05, 0.1) is 5.92 Å². The number of benzene rings is 1. The number of amides is 2. The summed E-state index contributed by atoms with van der Waals surface area (Å²) in [5, 5.41) is 3.61. The summed E-state index contributed by atoms with van der Waals surface area (Å²) in [6, 6.07) is 10.7. The number of aryl methyl sites for hydroxylation is 1. The van der Waals surface area contributed by atoms with Gasteiger partial charge in [0, 0.05) is 48.8 Å².